The van der Waals surface area contributed by atoms with Gasteiger partial charge in [0.2, 0.25) is 0 Å². The molecule has 125 heavy (non-hydrogen) atoms. The van der Waals surface area contributed by atoms with Crippen LogP contribution in [0.15, 0.2) is 370 Å². The van der Waals surface area contributed by atoms with Crippen molar-refractivity contribution in [3.63, 3.8) is 0 Å². The van der Waals surface area contributed by atoms with Crippen LogP contribution < -0.4 is 26.2 Å². The lowest BCUT2D eigenvalue weighted by Gasteiger charge is -2.46. The van der Waals surface area contributed by atoms with Gasteiger partial charge in [-0.05, 0) is 216 Å². The van der Waals surface area contributed by atoms with Gasteiger partial charge in [-0.2, -0.15) is 0 Å². The van der Waals surface area contributed by atoms with Crippen LogP contribution in [0.25, 0.3) is 154 Å². The second-order valence-electron chi connectivity index (χ2n) is 38.9. The molecule has 2 aliphatic heterocycles. The number of hydrogen-bond donors (Lipinski definition) is 0. The van der Waals surface area contributed by atoms with Crippen molar-refractivity contribution < 1.29 is 0 Å². The van der Waals surface area contributed by atoms with Crippen LogP contribution in [0.5, 0.6) is 0 Å². The smallest absolute Gasteiger partial charge is 0.252 e. The SMILES string of the molecule is CC(C)(C)c1cc(-c2ccccc2)c(N2c3cc(-n4c5ccccc5c5ccccc54)ccc3B3c4ccc(-n5c6ccc(C(C)(C)C)cc6c6cc(C(C)(C)C)ccc65)cc4N(c4c(-c5ccccc5)cc(C(C)(C)C)cc4-c4ccccc4)c4cc(-n5c6ccccc6c6cc(-n7c8ccccc8c8ccccc87)ccc65)cc2c43)c(-c2ccccc2)c1. The van der Waals surface area contributed by atoms with Gasteiger partial charge in [0, 0.05) is 105 Å². The first-order valence-electron chi connectivity index (χ1n) is 44.3. The zero-order valence-electron chi connectivity index (χ0n) is 73.0. The van der Waals surface area contributed by atoms with Gasteiger partial charge in [0.05, 0.1) is 61.2 Å². The zero-order chi connectivity index (χ0) is 84.8. The van der Waals surface area contributed by atoms with Crippen LogP contribution in [0.2, 0.25) is 0 Å². The molecule has 6 heterocycles. The van der Waals surface area contributed by atoms with Crippen LogP contribution in [0.4, 0.5) is 34.1 Å². The van der Waals surface area contributed by atoms with Crippen molar-refractivity contribution in [2.45, 2.75) is 105 Å². The number of nitrogens with zero attached hydrogens (tertiary/aromatic N) is 6. The van der Waals surface area contributed by atoms with E-state index < -0.39 is 0 Å². The van der Waals surface area contributed by atoms with E-state index in [0.29, 0.717) is 0 Å². The molecule has 0 fully saturated rings. The van der Waals surface area contributed by atoms with Gasteiger partial charge >= 0.3 is 0 Å². The van der Waals surface area contributed by atoms with Crippen molar-refractivity contribution in [3.05, 3.63) is 392 Å². The molecule has 6 nitrogen and oxygen atoms in total. The molecule has 602 valence electrons. The lowest BCUT2D eigenvalue weighted by Crippen LogP contribution is -2.61. The molecule has 0 atom stereocenters. The van der Waals surface area contributed by atoms with Crippen molar-refractivity contribution in [2.24, 2.45) is 0 Å². The monoisotopic (exact) mass is 1610 g/mol. The molecule has 0 bridgehead atoms. The molecule has 0 saturated carbocycles. The number of fused-ring (bicyclic) bond motifs is 16. The Morgan fingerprint density at radius 1 is 0.192 bits per heavy atom. The predicted octanol–water partition coefficient (Wildman–Crippen LogP) is 30.0. The molecule has 7 heteroatoms. The summed E-state index contributed by atoms with van der Waals surface area (Å²) in [7, 11) is 0. The summed E-state index contributed by atoms with van der Waals surface area (Å²) in [5, 5.41) is 9.72. The normalized spacial score (nSPS) is 13.1. The molecule has 0 unspecified atom stereocenters. The summed E-state index contributed by atoms with van der Waals surface area (Å²) in [6.07, 6.45) is 0. The average molecular weight is 1610 g/mol. The minimum Gasteiger partial charge on any atom is -0.310 e. The molecule has 0 radical (unpaired) electrons. The maximum Gasteiger partial charge on any atom is 0.252 e. The first kappa shape index (κ1) is 75.6. The van der Waals surface area contributed by atoms with Crippen molar-refractivity contribution in [3.8, 4) is 67.3 Å². The highest BCUT2D eigenvalue weighted by Crippen LogP contribution is 2.57. The molecule has 0 aliphatic carbocycles. The molecule has 0 amide bonds. The maximum atomic E-state index is 2.76. The Balaban J connectivity index is 0.922. The highest BCUT2D eigenvalue weighted by atomic mass is 15.2. The van der Waals surface area contributed by atoms with E-state index in [2.05, 4.69) is 481 Å². The fourth-order valence-corrected chi connectivity index (χ4v) is 20.8. The molecule has 17 aromatic carbocycles. The fraction of sp³-hybridized carbons (Fsp3) is 0.136. The van der Waals surface area contributed by atoms with Gasteiger partial charge in [-0.25, -0.2) is 0 Å². The van der Waals surface area contributed by atoms with E-state index in [0.717, 1.165) is 129 Å². The van der Waals surface area contributed by atoms with Gasteiger partial charge in [-0.15, -0.1) is 0 Å². The summed E-state index contributed by atoms with van der Waals surface area (Å²) in [5.74, 6) is 0. The van der Waals surface area contributed by atoms with Crippen LogP contribution >= 0.6 is 0 Å². The molecule has 0 saturated heterocycles. The molecular formula is C118H97BN6. The van der Waals surface area contributed by atoms with Crippen molar-refractivity contribution in [2.75, 3.05) is 9.80 Å². The number of rotatable bonds is 10. The molecule has 0 spiro atoms. The highest BCUT2D eigenvalue weighted by molar-refractivity contribution is 7.00. The Morgan fingerprint density at radius 2 is 0.440 bits per heavy atom. The first-order chi connectivity index (χ1) is 60.6. The van der Waals surface area contributed by atoms with Gasteiger partial charge in [0.15, 0.2) is 0 Å². The third kappa shape index (κ3) is 12.0. The summed E-state index contributed by atoms with van der Waals surface area (Å²) in [5.41, 5.74) is 37.2. The Kier molecular flexibility index (Phi) is 17.0. The minimum absolute atomic E-state index is 0.0923. The van der Waals surface area contributed by atoms with E-state index in [1.54, 1.807) is 0 Å². The summed E-state index contributed by atoms with van der Waals surface area (Å²) in [6, 6.07) is 142. The Labute approximate surface area is 731 Å². The third-order valence-electron chi connectivity index (χ3n) is 27.1. The zero-order valence-corrected chi connectivity index (χ0v) is 73.0. The minimum atomic E-state index is -0.343. The van der Waals surface area contributed by atoms with Crippen molar-refractivity contribution in [1.29, 1.82) is 0 Å². The first-order valence-corrected chi connectivity index (χ1v) is 44.3. The third-order valence-corrected chi connectivity index (χ3v) is 27.1. The van der Waals surface area contributed by atoms with E-state index in [4.69, 9.17) is 0 Å². The lowest BCUT2D eigenvalue weighted by molar-refractivity contribution is 0.590. The van der Waals surface area contributed by atoms with Gasteiger partial charge in [-0.1, -0.05) is 320 Å². The summed E-state index contributed by atoms with van der Waals surface area (Å²) in [6.45, 7) is 27.9. The molecule has 4 aromatic heterocycles. The van der Waals surface area contributed by atoms with Crippen LogP contribution in [-0.4, -0.2) is 25.0 Å². The van der Waals surface area contributed by atoms with Crippen LogP contribution in [0.1, 0.15) is 105 Å². The number of hydrogen-bond acceptors (Lipinski definition) is 2. The summed E-state index contributed by atoms with van der Waals surface area (Å²) in [4.78, 5) is 5.52. The van der Waals surface area contributed by atoms with Crippen molar-refractivity contribution >= 4 is 144 Å². The second kappa shape index (κ2) is 28.1. The molecule has 2 aliphatic rings. The van der Waals surface area contributed by atoms with Gasteiger partial charge in [-0.3, -0.25) is 0 Å². The number of anilines is 6. The number of para-hydroxylation sites is 5. The van der Waals surface area contributed by atoms with Crippen LogP contribution in [0, 0.1) is 0 Å². The quantitative estimate of drug-likeness (QED) is 0.128. The molecular weight excluding hydrogens is 1510 g/mol. The van der Waals surface area contributed by atoms with E-state index in [-0.39, 0.29) is 28.4 Å². The van der Waals surface area contributed by atoms with Gasteiger partial charge < -0.3 is 28.1 Å². The standard InChI is InChI=1S/C118H97BN6/c1-115(2,3)78-53-60-105-95(63-78)96-64-79(116(4,5)6)54-61-106(96)122(105)84-56-59-99-109(71-84)125(114-93(76-39-21-15-22-40-76)67-81(118(10,11)12)68-94(114)77-41-23-16-24-42-77)111-73-85(123-104-52-34-29-47-90(104)97-69-82(57-62-107(97)123)120-100-48-30-25-43-86(100)87-44-26-31-49-101(87)120)72-110-112(111)119(99)98-58-55-83(121-102-50-32-27-45-88(102)89-46-28-33-51-103(89)121)70-108(98)124(110)113-91(74-35-17-13-18-36-74)65-80(117(7,8)9)66-92(113)75-37-19-14-20-38-75/h13-73H,1-12H3. The van der Waals surface area contributed by atoms with E-state index in [1.807, 2.05) is 0 Å². The fourth-order valence-electron chi connectivity index (χ4n) is 20.8. The Hall–Kier alpha value is -14.4. The second-order valence-corrected chi connectivity index (χ2v) is 38.9. The maximum absolute atomic E-state index is 2.76. The van der Waals surface area contributed by atoms with Crippen LogP contribution in [-0.2, 0) is 21.7 Å². The number of aromatic nitrogens is 4. The lowest BCUT2D eigenvalue weighted by atomic mass is 9.33. The van der Waals surface area contributed by atoms with Crippen LogP contribution in [0.3, 0.4) is 0 Å². The average Bonchev–Trinajstić information content (AvgIpc) is 1.27. The molecule has 0 N–H and O–H groups in total. The van der Waals surface area contributed by atoms with E-state index >= 15 is 0 Å². The Morgan fingerprint density at radius 3 is 0.760 bits per heavy atom. The van der Waals surface area contributed by atoms with Gasteiger partial charge in [0.1, 0.15) is 0 Å². The topological polar surface area (TPSA) is 26.2 Å². The van der Waals surface area contributed by atoms with Crippen molar-refractivity contribution in [1.82, 2.24) is 18.3 Å². The Bertz CT molecular complexity index is 7690. The van der Waals surface area contributed by atoms with E-state index in [9.17, 15) is 0 Å². The summed E-state index contributed by atoms with van der Waals surface area (Å²) >= 11 is 0. The van der Waals surface area contributed by atoms with E-state index in [1.165, 1.54) is 98.4 Å². The summed E-state index contributed by atoms with van der Waals surface area (Å²) < 4.78 is 10.2. The largest absolute Gasteiger partial charge is 0.310 e. The predicted molar refractivity (Wildman–Crippen MR) is 534 cm³/mol. The van der Waals surface area contributed by atoms with Gasteiger partial charge in [0.25, 0.3) is 6.71 Å². The highest BCUT2D eigenvalue weighted by Gasteiger charge is 2.47. The number of benzene rings is 17. The molecule has 21 aromatic rings. The molecule has 23 rings (SSSR count).